The zero-order valence-corrected chi connectivity index (χ0v) is 8.50. The smallest absolute Gasteiger partial charge is 0.302 e. The monoisotopic (exact) mass is 207 g/mol. The number of carbonyl (C=O) groups is 1. The van der Waals surface area contributed by atoms with E-state index in [1.807, 2.05) is 18.2 Å². The summed E-state index contributed by atoms with van der Waals surface area (Å²) in [5.74, 6) is -0.258. The third kappa shape index (κ3) is 1.75. The van der Waals surface area contributed by atoms with Crippen molar-refractivity contribution in [2.24, 2.45) is 0 Å². The zero-order valence-electron chi connectivity index (χ0n) is 7.69. The van der Waals surface area contributed by atoms with Crippen molar-refractivity contribution in [1.29, 1.82) is 0 Å². The van der Waals surface area contributed by atoms with Crippen LogP contribution >= 0.6 is 11.3 Å². The van der Waals surface area contributed by atoms with Crippen LogP contribution in [0.4, 0.5) is 0 Å². The highest BCUT2D eigenvalue weighted by Crippen LogP contribution is 2.22. The standard InChI is InChI=1S/C10H9NO2S/c1-7(12)13-5-8-3-2-4-9-10(8)14-6-11-9/h2-4,6H,5H2,1H3. The van der Waals surface area contributed by atoms with Gasteiger partial charge in [-0.15, -0.1) is 11.3 Å². The Balaban J connectivity index is 2.32. The number of fused-ring (bicyclic) bond motifs is 1. The van der Waals surface area contributed by atoms with Crippen LogP contribution in [0.2, 0.25) is 0 Å². The van der Waals surface area contributed by atoms with E-state index in [-0.39, 0.29) is 5.97 Å². The fourth-order valence-corrected chi connectivity index (χ4v) is 2.03. The lowest BCUT2D eigenvalue weighted by Crippen LogP contribution is -1.98. The van der Waals surface area contributed by atoms with Gasteiger partial charge < -0.3 is 4.74 Å². The highest BCUT2D eigenvalue weighted by Gasteiger charge is 2.04. The molecule has 1 aromatic heterocycles. The van der Waals surface area contributed by atoms with E-state index in [0.717, 1.165) is 15.8 Å². The van der Waals surface area contributed by atoms with Crippen molar-refractivity contribution >= 4 is 27.5 Å². The van der Waals surface area contributed by atoms with Gasteiger partial charge in [-0.25, -0.2) is 4.98 Å². The lowest BCUT2D eigenvalue weighted by Gasteiger charge is -2.02. The van der Waals surface area contributed by atoms with E-state index in [0.29, 0.717) is 6.61 Å². The Labute approximate surface area is 85.3 Å². The predicted octanol–water partition coefficient (Wildman–Crippen LogP) is 2.36. The largest absolute Gasteiger partial charge is 0.461 e. The zero-order chi connectivity index (χ0) is 9.97. The molecule has 0 aliphatic rings. The molecule has 1 heterocycles. The molecule has 3 nitrogen and oxygen atoms in total. The third-order valence-electron chi connectivity index (χ3n) is 1.87. The summed E-state index contributed by atoms with van der Waals surface area (Å²) >= 11 is 1.56. The molecule has 0 saturated heterocycles. The summed E-state index contributed by atoms with van der Waals surface area (Å²) in [5.41, 5.74) is 3.77. The van der Waals surface area contributed by atoms with E-state index in [9.17, 15) is 4.79 Å². The van der Waals surface area contributed by atoms with Gasteiger partial charge in [-0.05, 0) is 6.07 Å². The molecule has 0 amide bonds. The molecule has 4 heteroatoms. The molecule has 0 radical (unpaired) electrons. The van der Waals surface area contributed by atoms with E-state index in [4.69, 9.17) is 4.74 Å². The summed E-state index contributed by atoms with van der Waals surface area (Å²) in [6, 6.07) is 5.81. The molecule has 0 saturated carbocycles. The van der Waals surface area contributed by atoms with E-state index in [1.165, 1.54) is 6.92 Å². The molecule has 0 unspecified atom stereocenters. The van der Waals surface area contributed by atoms with Crippen LogP contribution in [0.5, 0.6) is 0 Å². The summed E-state index contributed by atoms with van der Waals surface area (Å²) in [4.78, 5) is 14.8. The highest BCUT2D eigenvalue weighted by atomic mass is 32.1. The van der Waals surface area contributed by atoms with Crippen LogP contribution in [-0.4, -0.2) is 11.0 Å². The van der Waals surface area contributed by atoms with Crippen molar-refractivity contribution in [3.63, 3.8) is 0 Å². The van der Waals surface area contributed by atoms with E-state index < -0.39 is 0 Å². The van der Waals surface area contributed by atoms with Crippen molar-refractivity contribution in [2.75, 3.05) is 0 Å². The first kappa shape index (κ1) is 9.15. The quantitative estimate of drug-likeness (QED) is 0.709. The molecule has 1 aromatic carbocycles. The predicted molar refractivity (Wildman–Crippen MR) is 55.1 cm³/mol. The molecule has 14 heavy (non-hydrogen) atoms. The molecule has 0 aliphatic heterocycles. The Hall–Kier alpha value is -1.42. The Bertz CT molecular complexity index is 464. The number of rotatable bonds is 2. The maximum atomic E-state index is 10.7. The first-order chi connectivity index (χ1) is 6.77. The lowest BCUT2D eigenvalue weighted by molar-refractivity contribution is -0.142. The minimum Gasteiger partial charge on any atom is -0.461 e. The lowest BCUT2D eigenvalue weighted by atomic mass is 10.2. The van der Waals surface area contributed by atoms with Crippen LogP contribution in [0.15, 0.2) is 23.7 Å². The fourth-order valence-electron chi connectivity index (χ4n) is 1.24. The third-order valence-corrected chi connectivity index (χ3v) is 2.79. The summed E-state index contributed by atoms with van der Waals surface area (Å²) in [7, 11) is 0. The van der Waals surface area contributed by atoms with Crippen LogP contribution in [0.1, 0.15) is 12.5 Å². The second-order valence-corrected chi connectivity index (χ2v) is 3.75. The number of esters is 1. The van der Waals surface area contributed by atoms with Gasteiger partial charge in [0.25, 0.3) is 0 Å². The number of nitrogens with zero attached hydrogens (tertiary/aromatic N) is 1. The van der Waals surface area contributed by atoms with Crippen LogP contribution < -0.4 is 0 Å². The SMILES string of the molecule is CC(=O)OCc1cccc2ncsc12. The number of benzene rings is 1. The van der Waals surface area contributed by atoms with Gasteiger partial charge in [0.1, 0.15) is 6.61 Å². The number of aromatic nitrogens is 1. The summed E-state index contributed by atoms with van der Waals surface area (Å²) in [6.07, 6.45) is 0. The van der Waals surface area contributed by atoms with E-state index >= 15 is 0 Å². The average Bonchev–Trinajstić information content (AvgIpc) is 2.62. The Kier molecular flexibility index (Phi) is 2.45. The van der Waals surface area contributed by atoms with Crippen molar-refractivity contribution in [3.8, 4) is 0 Å². The topological polar surface area (TPSA) is 39.2 Å². The second-order valence-electron chi connectivity index (χ2n) is 2.90. The minimum atomic E-state index is -0.258. The summed E-state index contributed by atoms with van der Waals surface area (Å²) in [5, 5.41) is 0. The fraction of sp³-hybridized carbons (Fsp3) is 0.200. The molecule has 2 rings (SSSR count). The first-order valence-corrected chi connectivity index (χ1v) is 5.10. The molecule has 0 fully saturated rings. The van der Waals surface area contributed by atoms with Gasteiger partial charge in [-0.1, -0.05) is 12.1 Å². The van der Waals surface area contributed by atoms with Gasteiger partial charge in [0.15, 0.2) is 0 Å². The number of thiazole rings is 1. The summed E-state index contributed by atoms with van der Waals surface area (Å²) in [6.45, 7) is 1.74. The van der Waals surface area contributed by atoms with Gasteiger partial charge in [0, 0.05) is 12.5 Å². The number of ether oxygens (including phenoxy) is 1. The number of hydrogen-bond acceptors (Lipinski definition) is 4. The first-order valence-electron chi connectivity index (χ1n) is 4.22. The molecular weight excluding hydrogens is 198 g/mol. The minimum absolute atomic E-state index is 0.258. The van der Waals surface area contributed by atoms with Gasteiger partial charge in [0.05, 0.1) is 15.7 Å². The Morgan fingerprint density at radius 2 is 2.43 bits per heavy atom. The normalized spacial score (nSPS) is 10.4. The van der Waals surface area contributed by atoms with E-state index in [1.54, 1.807) is 16.8 Å². The molecule has 0 bridgehead atoms. The molecule has 2 aromatic rings. The van der Waals surface area contributed by atoms with Crippen LogP contribution in [0.25, 0.3) is 10.2 Å². The molecule has 0 aliphatic carbocycles. The Morgan fingerprint density at radius 3 is 3.21 bits per heavy atom. The van der Waals surface area contributed by atoms with Gasteiger partial charge in [-0.2, -0.15) is 0 Å². The Morgan fingerprint density at radius 1 is 1.57 bits per heavy atom. The average molecular weight is 207 g/mol. The van der Waals surface area contributed by atoms with E-state index in [2.05, 4.69) is 4.98 Å². The highest BCUT2D eigenvalue weighted by molar-refractivity contribution is 7.16. The van der Waals surface area contributed by atoms with Crippen molar-refractivity contribution in [1.82, 2.24) is 4.98 Å². The molecule has 0 atom stereocenters. The van der Waals surface area contributed by atoms with Crippen LogP contribution in [0.3, 0.4) is 0 Å². The second kappa shape index (κ2) is 3.75. The van der Waals surface area contributed by atoms with Crippen molar-refractivity contribution in [2.45, 2.75) is 13.5 Å². The number of hydrogen-bond donors (Lipinski definition) is 0. The summed E-state index contributed by atoms with van der Waals surface area (Å²) < 4.78 is 6.04. The van der Waals surface area contributed by atoms with Crippen molar-refractivity contribution < 1.29 is 9.53 Å². The van der Waals surface area contributed by atoms with Crippen molar-refractivity contribution in [3.05, 3.63) is 29.3 Å². The molecule has 72 valence electrons. The van der Waals surface area contributed by atoms with Crippen LogP contribution in [-0.2, 0) is 16.1 Å². The molecule has 0 spiro atoms. The van der Waals surface area contributed by atoms with Gasteiger partial charge in [0.2, 0.25) is 0 Å². The van der Waals surface area contributed by atoms with Crippen LogP contribution in [0, 0.1) is 0 Å². The maximum absolute atomic E-state index is 10.7. The van der Waals surface area contributed by atoms with Gasteiger partial charge >= 0.3 is 5.97 Å². The maximum Gasteiger partial charge on any atom is 0.302 e. The molecular formula is C10H9NO2S. The number of carbonyl (C=O) groups excluding carboxylic acids is 1. The van der Waals surface area contributed by atoms with Gasteiger partial charge in [-0.3, -0.25) is 4.79 Å². The molecule has 0 N–H and O–H groups in total.